The molecule has 0 unspecified atom stereocenters. The first-order valence-corrected chi connectivity index (χ1v) is 10.2. The van der Waals surface area contributed by atoms with Gasteiger partial charge in [0.05, 0.1) is 23.6 Å². The number of phenolic OH excluding ortho intramolecular Hbond substituents is 1. The molecule has 180 valence electrons. The van der Waals surface area contributed by atoms with E-state index >= 15 is 0 Å². The largest absolute Gasteiger partial charge is 0.508 e. The standard InChI is InChI=1S/C22H24N2O8.N2/c1-7-8-5-4-6-9(25)11(8)16(26)12-10(7)17(27)14-15(24(2)3)18(28)13(21(23)31)20(30)22(14,32)19(12)29;1-2/h4-7,10,14-15,17,25-27,30,32H,1-3H3,(H2,23,31);/t7-,10+,14-,15-,17-,22-;/m0./s1. The van der Waals surface area contributed by atoms with Gasteiger partial charge in [-0.05, 0) is 31.6 Å². The number of phenols is 1. The second kappa shape index (κ2) is 8.21. The van der Waals surface area contributed by atoms with Gasteiger partial charge in [-0.15, -0.1) is 0 Å². The highest BCUT2D eigenvalue weighted by Crippen LogP contribution is 2.55. The minimum atomic E-state index is -2.89. The number of carbonyl (C=O) groups excluding carboxylic acids is 3. The minimum Gasteiger partial charge on any atom is -0.508 e. The zero-order chi connectivity index (χ0) is 25.9. The van der Waals surface area contributed by atoms with E-state index in [1.54, 1.807) is 19.1 Å². The Morgan fingerprint density at radius 3 is 2.26 bits per heavy atom. The van der Waals surface area contributed by atoms with Crippen molar-refractivity contribution in [1.29, 1.82) is 10.8 Å². The molecule has 0 radical (unpaired) electrons. The number of nitrogens with zero attached hydrogens (tertiary/aromatic N) is 3. The Morgan fingerprint density at radius 2 is 1.74 bits per heavy atom. The fraction of sp³-hybridized carbons (Fsp3) is 0.409. The maximum Gasteiger partial charge on any atom is 0.255 e. The molecule has 34 heavy (non-hydrogen) atoms. The number of fused-ring (bicyclic) bond motifs is 3. The highest BCUT2D eigenvalue weighted by atomic mass is 16.4. The summed E-state index contributed by atoms with van der Waals surface area (Å²) in [6.07, 6.45) is -1.59. The van der Waals surface area contributed by atoms with Crippen LogP contribution in [0.1, 0.15) is 24.0 Å². The summed E-state index contributed by atoms with van der Waals surface area (Å²) in [5, 5.41) is 66.9. The average Bonchev–Trinajstić information content (AvgIpc) is 2.77. The van der Waals surface area contributed by atoms with Crippen LogP contribution in [-0.4, -0.2) is 79.7 Å². The number of nitrogens with two attached hydrogens (primary N) is 1. The number of rotatable bonds is 2. The number of hydrogen-bond donors (Lipinski definition) is 6. The number of primary amides is 1. The molecule has 0 aliphatic heterocycles. The highest BCUT2D eigenvalue weighted by molar-refractivity contribution is 6.24. The zero-order valence-electron chi connectivity index (χ0n) is 18.5. The van der Waals surface area contributed by atoms with Gasteiger partial charge in [-0.1, -0.05) is 19.1 Å². The first-order chi connectivity index (χ1) is 15.9. The zero-order valence-corrected chi connectivity index (χ0v) is 18.5. The molecule has 0 saturated heterocycles. The fourth-order valence-corrected chi connectivity index (χ4v) is 5.58. The smallest absolute Gasteiger partial charge is 0.255 e. The van der Waals surface area contributed by atoms with Gasteiger partial charge in [0.25, 0.3) is 5.91 Å². The molecule has 7 N–H and O–H groups in total. The van der Waals surface area contributed by atoms with E-state index < -0.39 is 75.6 Å². The third-order valence-electron chi connectivity index (χ3n) is 6.99. The fourth-order valence-electron chi connectivity index (χ4n) is 5.58. The number of aliphatic hydroxyl groups is 4. The topological polar surface area (TPSA) is 229 Å². The van der Waals surface area contributed by atoms with Crippen LogP contribution in [0, 0.1) is 22.6 Å². The van der Waals surface area contributed by atoms with Gasteiger partial charge in [0, 0.05) is 22.3 Å². The van der Waals surface area contributed by atoms with Crippen molar-refractivity contribution in [2.75, 3.05) is 14.1 Å². The number of Topliss-reactive ketones (excluding diaryl/α,β-unsaturated/α-hetero) is 2. The molecule has 4 rings (SSSR count). The Bertz CT molecular complexity index is 1190. The maximum atomic E-state index is 13.7. The summed E-state index contributed by atoms with van der Waals surface area (Å²) in [6.45, 7) is 1.68. The summed E-state index contributed by atoms with van der Waals surface area (Å²) in [5.41, 5.74) is 1.47. The number of hydrogen-bond acceptors (Lipinski definition) is 11. The minimum absolute atomic E-state index is 0.0245. The lowest BCUT2D eigenvalue weighted by molar-refractivity contribution is -0.169. The molecule has 0 heterocycles. The molecule has 1 amide bonds. The summed E-state index contributed by atoms with van der Waals surface area (Å²) >= 11 is 0. The second-order valence-electron chi connectivity index (χ2n) is 8.79. The quantitative estimate of drug-likeness (QED) is 0.238. The van der Waals surface area contributed by atoms with Crippen molar-refractivity contribution >= 4 is 23.2 Å². The molecule has 12 nitrogen and oxygen atoms in total. The Morgan fingerprint density at radius 1 is 1.15 bits per heavy atom. The number of carbonyl (C=O) groups is 3. The van der Waals surface area contributed by atoms with Gasteiger partial charge >= 0.3 is 0 Å². The normalized spacial score (nSPS) is 32.4. The molecular weight excluding hydrogens is 448 g/mol. The Labute approximate surface area is 193 Å². The molecular formula is C22H24N4O8. The number of benzene rings is 1. The van der Waals surface area contributed by atoms with Gasteiger partial charge in [0.2, 0.25) is 5.78 Å². The van der Waals surface area contributed by atoms with Crippen LogP contribution < -0.4 is 5.73 Å². The first-order valence-electron chi connectivity index (χ1n) is 10.2. The molecule has 3 aliphatic rings. The predicted octanol–water partition coefficient (Wildman–Crippen LogP) is -0.474. The lowest BCUT2D eigenvalue weighted by atomic mass is 9.54. The van der Waals surface area contributed by atoms with Crippen LogP contribution >= 0.6 is 0 Å². The van der Waals surface area contributed by atoms with Crippen LogP contribution in [0.4, 0.5) is 0 Å². The number of amides is 1. The molecule has 1 aromatic rings. The molecule has 1 saturated carbocycles. The van der Waals surface area contributed by atoms with E-state index in [0.29, 0.717) is 5.56 Å². The predicted molar refractivity (Wildman–Crippen MR) is 114 cm³/mol. The van der Waals surface area contributed by atoms with Crippen molar-refractivity contribution in [2.24, 2.45) is 17.6 Å². The van der Waals surface area contributed by atoms with E-state index in [9.17, 15) is 39.9 Å². The molecule has 6 atom stereocenters. The van der Waals surface area contributed by atoms with Crippen LogP contribution in [0.2, 0.25) is 0 Å². The molecule has 3 aliphatic carbocycles. The molecule has 0 spiro atoms. The van der Waals surface area contributed by atoms with Crippen LogP contribution in [0.25, 0.3) is 5.76 Å². The van der Waals surface area contributed by atoms with Crippen molar-refractivity contribution < 1.29 is 39.9 Å². The van der Waals surface area contributed by atoms with Gasteiger partial charge in [-0.2, -0.15) is 0 Å². The van der Waals surface area contributed by atoms with E-state index in [2.05, 4.69) is 0 Å². The van der Waals surface area contributed by atoms with Crippen molar-refractivity contribution in [3.8, 4) is 5.75 Å². The summed E-state index contributed by atoms with van der Waals surface area (Å²) in [6, 6.07) is 3.13. The Kier molecular flexibility index (Phi) is 6.00. The van der Waals surface area contributed by atoms with Crippen LogP contribution in [0.3, 0.4) is 0 Å². The Hall–Kier alpha value is -3.79. The molecule has 1 fully saturated rings. The molecule has 0 aromatic heterocycles. The van der Waals surface area contributed by atoms with Gasteiger partial charge in [0.1, 0.15) is 22.8 Å². The first kappa shape index (κ1) is 24.8. The van der Waals surface area contributed by atoms with Gasteiger partial charge < -0.3 is 31.3 Å². The maximum absolute atomic E-state index is 13.7. The lowest BCUT2D eigenvalue weighted by Gasteiger charge is -2.53. The van der Waals surface area contributed by atoms with Crippen LogP contribution in [0.15, 0.2) is 35.1 Å². The van der Waals surface area contributed by atoms with Crippen LogP contribution in [-0.2, 0) is 14.4 Å². The van der Waals surface area contributed by atoms with Crippen LogP contribution in [0.5, 0.6) is 5.75 Å². The number of likely N-dealkylation sites (N-methyl/N-ethyl adjacent to an activating group) is 1. The number of aromatic hydroxyl groups is 1. The Balaban J connectivity index is 0.00000158. The SMILES string of the molecule is C[C@H]1c2cccc(O)c2C(O)=C2C(=O)[C@]3(O)C(O)=C(C(N)=O)C(=O)[C@@H](N(C)C)[C@H]3[C@@H](O)[C@@H]21.N#N. The number of aliphatic hydroxyl groups excluding tert-OH is 3. The summed E-state index contributed by atoms with van der Waals surface area (Å²) < 4.78 is 0. The summed E-state index contributed by atoms with van der Waals surface area (Å²) in [7, 11) is 2.92. The second-order valence-corrected chi connectivity index (χ2v) is 8.79. The van der Waals surface area contributed by atoms with Gasteiger partial charge in [-0.3, -0.25) is 19.3 Å². The van der Waals surface area contributed by atoms with Gasteiger partial charge in [0.15, 0.2) is 11.4 Å². The monoisotopic (exact) mass is 472 g/mol. The van der Waals surface area contributed by atoms with E-state index in [4.69, 9.17) is 16.5 Å². The summed E-state index contributed by atoms with van der Waals surface area (Å²) in [5.74, 6) is -8.87. The van der Waals surface area contributed by atoms with Crippen molar-refractivity contribution in [3.63, 3.8) is 0 Å². The van der Waals surface area contributed by atoms with Crippen molar-refractivity contribution in [3.05, 3.63) is 46.2 Å². The number of ketones is 2. The van der Waals surface area contributed by atoms with Gasteiger partial charge in [-0.25, -0.2) is 0 Å². The summed E-state index contributed by atoms with van der Waals surface area (Å²) in [4.78, 5) is 40.0. The highest BCUT2D eigenvalue weighted by Gasteiger charge is 2.68. The van der Waals surface area contributed by atoms with E-state index in [-0.39, 0.29) is 11.3 Å². The van der Waals surface area contributed by atoms with Crippen molar-refractivity contribution in [1.82, 2.24) is 4.90 Å². The van der Waals surface area contributed by atoms with Crippen molar-refractivity contribution in [2.45, 2.75) is 30.6 Å². The molecule has 12 heteroatoms. The lowest BCUT2D eigenvalue weighted by Crippen LogP contribution is -2.70. The molecule has 0 bridgehead atoms. The van der Waals surface area contributed by atoms with E-state index in [1.165, 1.54) is 25.1 Å². The average molecular weight is 472 g/mol. The third-order valence-corrected chi connectivity index (χ3v) is 6.99. The third kappa shape index (κ3) is 2.95. The molecule has 1 aromatic carbocycles. The van der Waals surface area contributed by atoms with E-state index in [1.807, 2.05) is 0 Å². The van der Waals surface area contributed by atoms with E-state index in [0.717, 1.165) is 0 Å².